The second-order valence-electron chi connectivity index (χ2n) is 7.39. The molecule has 2 rings (SSSR count). The third-order valence-electron chi connectivity index (χ3n) is 5.50. The van der Waals surface area contributed by atoms with Crippen molar-refractivity contribution < 1.29 is 4.74 Å². The molecule has 1 saturated carbocycles. The SMILES string of the molecule is COC1CCCC(CN)(N2CCCC(C)(C)CC2)C1. The number of methoxy groups -OCH3 is 1. The van der Waals surface area contributed by atoms with Gasteiger partial charge in [-0.1, -0.05) is 13.8 Å². The molecule has 0 spiro atoms. The van der Waals surface area contributed by atoms with Gasteiger partial charge in [-0.3, -0.25) is 4.90 Å². The molecule has 1 aliphatic carbocycles. The molecule has 3 nitrogen and oxygen atoms in total. The van der Waals surface area contributed by atoms with Gasteiger partial charge in [0.05, 0.1) is 6.10 Å². The summed E-state index contributed by atoms with van der Waals surface area (Å²) in [4.78, 5) is 2.70. The quantitative estimate of drug-likeness (QED) is 0.855. The highest BCUT2D eigenvalue weighted by Gasteiger charge is 2.41. The first-order chi connectivity index (χ1) is 9.01. The average Bonchev–Trinajstić information content (AvgIpc) is 2.60. The average molecular weight is 268 g/mol. The fraction of sp³-hybridized carbons (Fsp3) is 1.00. The molecule has 19 heavy (non-hydrogen) atoms. The lowest BCUT2D eigenvalue weighted by Gasteiger charge is -2.48. The molecule has 1 aliphatic heterocycles. The van der Waals surface area contributed by atoms with Crippen LogP contribution in [0.1, 0.15) is 58.8 Å². The highest BCUT2D eigenvalue weighted by molar-refractivity contribution is 4.98. The minimum atomic E-state index is 0.208. The van der Waals surface area contributed by atoms with Crippen LogP contribution in [-0.2, 0) is 4.74 Å². The summed E-state index contributed by atoms with van der Waals surface area (Å²) in [6.07, 6.45) is 9.21. The molecular formula is C16H32N2O. The van der Waals surface area contributed by atoms with Gasteiger partial charge in [-0.05, 0) is 63.5 Å². The normalized spacial score (nSPS) is 36.9. The van der Waals surface area contributed by atoms with E-state index in [2.05, 4.69) is 18.7 Å². The first-order valence-electron chi connectivity index (χ1n) is 7.99. The van der Waals surface area contributed by atoms with Gasteiger partial charge < -0.3 is 10.5 Å². The van der Waals surface area contributed by atoms with E-state index in [0.29, 0.717) is 11.5 Å². The Morgan fingerprint density at radius 1 is 1.16 bits per heavy atom. The molecule has 2 atom stereocenters. The van der Waals surface area contributed by atoms with Crippen LogP contribution >= 0.6 is 0 Å². The van der Waals surface area contributed by atoms with E-state index in [4.69, 9.17) is 10.5 Å². The molecule has 2 fully saturated rings. The molecule has 0 bridgehead atoms. The second-order valence-corrected chi connectivity index (χ2v) is 7.39. The van der Waals surface area contributed by atoms with Crippen LogP contribution in [0.25, 0.3) is 0 Å². The second kappa shape index (κ2) is 6.11. The van der Waals surface area contributed by atoms with Crippen LogP contribution in [0.15, 0.2) is 0 Å². The predicted octanol–water partition coefficient (Wildman–Crippen LogP) is 2.79. The highest BCUT2D eigenvalue weighted by Crippen LogP contribution is 2.38. The lowest BCUT2D eigenvalue weighted by atomic mass is 9.78. The van der Waals surface area contributed by atoms with Gasteiger partial charge in [-0.25, -0.2) is 0 Å². The summed E-state index contributed by atoms with van der Waals surface area (Å²) >= 11 is 0. The summed E-state index contributed by atoms with van der Waals surface area (Å²) in [5.41, 5.74) is 6.91. The molecule has 2 unspecified atom stereocenters. The zero-order valence-electron chi connectivity index (χ0n) is 13.1. The topological polar surface area (TPSA) is 38.5 Å². The van der Waals surface area contributed by atoms with Gasteiger partial charge >= 0.3 is 0 Å². The smallest absolute Gasteiger partial charge is 0.0589 e. The Kier molecular flexibility index (Phi) is 4.91. The van der Waals surface area contributed by atoms with Crippen molar-refractivity contribution in [2.24, 2.45) is 11.1 Å². The first kappa shape index (κ1) is 15.3. The Hall–Kier alpha value is -0.120. The lowest BCUT2D eigenvalue weighted by molar-refractivity contribution is -0.0217. The summed E-state index contributed by atoms with van der Waals surface area (Å²) in [5.74, 6) is 0. The molecule has 0 aromatic carbocycles. The number of nitrogens with zero attached hydrogens (tertiary/aromatic N) is 1. The summed E-state index contributed by atoms with van der Waals surface area (Å²) in [6, 6.07) is 0. The molecule has 2 aliphatic rings. The van der Waals surface area contributed by atoms with E-state index in [1.165, 1.54) is 51.6 Å². The number of hydrogen-bond acceptors (Lipinski definition) is 3. The Balaban J connectivity index is 2.07. The Morgan fingerprint density at radius 2 is 1.95 bits per heavy atom. The van der Waals surface area contributed by atoms with Crippen molar-refractivity contribution in [2.75, 3.05) is 26.7 Å². The van der Waals surface area contributed by atoms with Gasteiger partial charge in [0, 0.05) is 19.2 Å². The minimum Gasteiger partial charge on any atom is -0.381 e. The van der Waals surface area contributed by atoms with Gasteiger partial charge in [-0.2, -0.15) is 0 Å². The van der Waals surface area contributed by atoms with Gasteiger partial charge in [0.2, 0.25) is 0 Å². The molecule has 0 amide bonds. The van der Waals surface area contributed by atoms with Gasteiger partial charge in [-0.15, -0.1) is 0 Å². The van der Waals surface area contributed by atoms with E-state index >= 15 is 0 Å². The van der Waals surface area contributed by atoms with E-state index in [0.717, 1.165) is 13.0 Å². The lowest BCUT2D eigenvalue weighted by Crippen LogP contribution is -2.57. The van der Waals surface area contributed by atoms with Crippen molar-refractivity contribution in [2.45, 2.75) is 70.4 Å². The standard InChI is InChI=1S/C16H32N2O/c1-15(2)7-5-10-18(11-9-15)16(13-17)8-4-6-14(12-16)19-3/h14H,4-13,17H2,1-3H3. The Labute approximate surface area is 118 Å². The van der Waals surface area contributed by atoms with Crippen LogP contribution in [0, 0.1) is 5.41 Å². The van der Waals surface area contributed by atoms with Crippen molar-refractivity contribution in [3.63, 3.8) is 0 Å². The fourth-order valence-electron chi connectivity index (χ4n) is 3.99. The predicted molar refractivity (Wildman–Crippen MR) is 80.3 cm³/mol. The number of ether oxygens (including phenoxy) is 1. The van der Waals surface area contributed by atoms with Crippen LogP contribution in [0.5, 0.6) is 0 Å². The van der Waals surface area contributed by atoms with Crippen LogP contribution in [0.3, 0.4) is 0 Å². The molecule has 3 heteroatoms. The first-order valence-corrected chi connectivity index (χ1v) is 7.99. The monoisotopic (exact) mass is 268 g/mol. The number of rotatable bonds is 3. The zero-order chi connectivity index (χ0) is 13.9. The van der Waals surface area contributed by atoms with Crippen molar-refractivity contribution in [3.05, 3.63) is 0 Å². The van der Waals surface area contributed by atoms with Gasteiger partial charge in [0.15, 0.2) is 0 Å². The molecular weight excluding hydrogens is 236 g/mol. The number of hydrogen-bond donors (Lipinski definition) is 1. The van der Waals surface area contributed by atoms with E-state index < -0.39 is 0 Å². The van der Waals surface area contributed by atoms with E-state index in [1.807, 2.05) is 7.11 Å². The zero-order valence-corrected chi connectivity index (χ0v) is 13.1. The van der Waals surface area contributed by atoms with E-state index in [9.17, 15) is 0 Å². The van der Waals surface area contributed by atoms with Crippen molar-refractivity contribution >= 4 is 0 Å². The van der Waals surface area contributed by atoms with Crippen LogP contribution < -0.4 is 5.73 Å². The van der Waals surface area contributed by atoms with Crippen LogP contribution in [0.2, 0.25) is 0 Å². The largest absolute Gasteiger partial charge is 0.381 e. The molecule has 0 aromatic heterocycles. The molecule has 2 N–H and O–H groups in total. The summed E-state index contributed by atoms with van der Waals surface area (Å²) < 4.78 is 5.63. The maximum Gasteiger partial charge on any atom is 0.0589 e. The van der Waals surface area contributed by atoms with Crippen LogP contribution in [-0.4, -0.2) is 43.3 Å². The fourth-order valence-corrected chi connectivity index (χ4v) is 3.99. The third kappa shape index (κ3) is 3.50. The maximum absolute atomic E-state index is 6.21. The van der Waals surface area contributed by atoms with Crippen LogP contribution in [0.4, 0.5) is 0 Å². The molecule has 1 saturated heterocycles. The van der Waals surface area contributed by atoms with Crippen molar-refractivity contribution in [1.29, 1.82) is 0 Å². The van der Waals surface area contributed by atoms with Crippen molar-refractivity contribution in [3.8, 4) is 0 Å². The van der Waals surface area contributed by atoms with Gasteiger partial charge in [0.25, 0.3) is 0 Å². The van der Waals surface area contributed by atoms with Gasteiger partial charge in [0.1, 0.15) is 0 Å². The summed E-state index contributed by atoms with van der Waals surface area (Å²) in [7, 11) is 1.85. The highest BCUT2D eigenvalue weighted by atomic mass is 16.5. The number of nitrogens with two attached hydrogens (primary N) is 1. The maximum atomic E-state index is 6.21. The van der Waals surface area contributed by atoms with E-state index in [1.54, 1.807) is 0 Å². The summed E-state index contributed by atoms with van der Waals surface area (Å²) in [5, 5.41) is 0. The Bertz CT molecular complexity index is 292. The number of likely N-dealkylation sites (tertiary alicyclic amines) is 1. The minimum absolute atomic E-state index is 0.208. The Morgan fingerprint density at radius 3 is 2.63 bits per heavy atom. The molecule has 1 heterocycles. The van der Waals surface area contributed by atoms with E-state index in [-0.39, 0.29) is 5.54 Å². The molecule has 0 radical (unpaired) electrons. The molecule has 0 aromatic rings. The van der Waals surface area contributed by atoms with Crippen molar-refractivity contribution in [1.82, 2.24) is 4.90 Å². The summed E-state index contributed by atoms with van der Waals surface area (Å²) in [6.45, 7) is 8.03. The third-order valence-corrected chi connectivity index (χ3v) is 5.50. The molecule has 112 valence electrons.